The molecule has 3 aromatic carbocycles. The maximum Gasteiger partial charge on any atom is 0.0914 e. The fourth-order valence-corrected chi connectivity index (χ4v) is 2.98. The Kier molecular flexibility index (Phi) is 5.29. The van der Waals surface area contributed by atoms with E-state index in [1.54, 1.807) is 0 Å². The fraction of sp³-hybridized carbons (Fsp3) is 0.100. The lowest BCUT2D eigenvalue weighted by atomic mass is 10.2. The Hall–Kier alpha value is -2.16. The van der Waals surface area contributed by atoms with E-state index in [-0.39, 0.29) is 0 Å². The first-order valence-electron chi connectivity index (χ1n) is 7.72. The number of anilines is 2. The van der Waals surface area contributed by atoms with Crippen LogP contribution in [0.15, 0.2) is 72.8 Å². The van der Waals surface area contributed by atoms with Crippen LogP contribution in [0.3, 0.4) is 0 Å². The highest BCUT2D eigenvalue weighted by molar-refractivity contribution is 6.39. The van der Waals surface area contributed by atoms with Crippen molar-refractivity contribution in [3.05, 3.63) is 94.0 Å². The van der Waals surface area contributed by atoms with Crippen molar-refractivity contribution in [2.24, 2.45) is 0 Å². The summed E-state index contributed by atoms with van der Waals surface area (Å²) >= 11 is 12.6. The third-order valence-electron chi connectivity index (χ3n) is 3.71. The lowest BCUT2D eigenvalue weighted by Crippen LogP contribution is -2.29. The van der Waals surface area contributed by atoms with Crippen LogP contribution in [-0.4, -0.2) is 0 Å². The van der Waals surface area contributed by atoms with Gasteiger partial charge in [0, 0.05) is 0 Å². The molecule has 0 saturated heterocycles. The van der Waals surface area contributed by atoms with Gasteiger partial charge in [-0.2, -0.15) is 0 Å². The minimum atomic E-state index is 0.591. The van der Waals surface area contributed by atoms with E-state index in [1.165, 1.54) is 11.1 Å². The highest BCUT2D eigenvalue weighted by Crippen LogP contribution is 2.32. The molecule has 0 atom stereocenters. The first kappa shape index (κ1) is 16.7. The van der Waals surface area contributed by atoms with Crippen molar-refractivity contribution in [3.8, 4) is 0 Å². The van der Waals surface area contributed by atoms with Gasteiger partial charge in [0.1, 0.15) is 0 Å². The summed E-state index contributed by atoms with van der Waals surface area (Å²) in [6.07, 6.45) is 0. The molecule has 0 aliphatic rings. The molecule has 1 N–H and O–H groups in total. The SMILES string of the molecule is Cc1cccc(N(Cc2ccccc2)Nc2c(Cl)cccc2Cl)c1. The van der Waals surface area contributed by atoms with Gasteiger partial charge in [-0.05, 0) is 42.3 Å². The molecule has 0 aliphatic heterocycles. The Morgan fingerprint density at radius 3 is 2.17 bits per heavy atom. The molecule has 0 aromatic heterocycles. The van der Waals surface area contributed by atoms with Crippen LogP contribution < -0.4 is 10.4 Å². The Morgan fingerprint density at radius 2 is 1.50 bits per heavy atom. The van der Waals surface area contributed by atoms with E-state index in [2.05, 4.69) is 47.7 Å². The molecule has 0 fully saturated rings. The number of hydrogen-bond acceptors (Lipinski definition) is 2. The van der Waals surface area contributed by atoms with Gasteiger partial charge in [0.05, 0.1) is 28.0 Å². The topological polar surface area (TPSA) is 15.3 Å². The zero-order valence-electron chi connectivity index (χ0n) is 13.3. The molecule has 0 unspecified atom stereocenters. The number of hydrazine groups is 1. The van der Waals surface area contributed by atoms with Gasteiger partial charge in [0.2, 0.25) is 0 Å². The van der Waals surface area contributed by atoms with Gasteiger partial charge in [-0.25, -0.2) is 0 Å². The molecule has 0 bridgehead atoms. The summed E-state index contributed by atoms with van der Waals surface area (Å²) in [6.45, 7) is 2.76. The summed E-state index contributed by atoms with van der Waals surface area (Å²) in [4.78, 5) is 0. The smallest absolute Gasteiger partial charge is 0.0914 e. The Labute approximate surface area is 152 Å². The van der Waals surface area contributed by atoms with E-state index in [1.807, 2.05) is 42.5 Å². The average molecular weight is 357 g/mol. The number of hydrogen-bond donors (Lipinski definition) is 1. The molecule has 0 spiro atoms. The van der Waals surface area contributed by atoms with Gasteiger partial charge in [-0.3, -0.25) is 10.4 Å². The zero-order valence-corrected chi connectivity index (χ0v) is 14.9. The molecule has 0 heterocycles. The molecule has 3 rings (SSSR count). The van der Waals surface area contributed by atoms with E-state index in [0.29, 0.717) is 22.3 Å². The van der Waals surface area contributed by atoms with Gasteiger partial charge in [0.25, 0.3) is 0 Å². The molecule has 122 valence electrons. The first-order chi connectivity index (χ1) is 11.6. The fourth-order valence-electron chi connectivity index (χ4n) is 2.50. The monoisotopic (exact) mass is 356 g/mol. The summed E-state index contributed by atoms with van der Waals surface area (Å²) in [7, 11) is 0. The van der Waals surface area contributed by atoms with E-state index in [0.717, 1.165) is 5.69 Å². The summed E-state index contributed by atoms with van der Waals surface area (Å²) < 4.78 is 0. The second-order valence-corrected chi connectivity index (χ2v) is 6.43. The van der Waals surface area contributed by atoms with Crippen LogP contribution in [-0.2, 0) is 6.54 Å². The number of aryl methyl sites for hydroxylation is 1. The van der Waals surface area contributed by atoms with Gasteiger partial charge >= 0.3 is 0 Å². The van der Waals surface area contributed by atoms with Gasteiger partial charge in [-0.15, -0.1) is 0 Å². The summed E-state index contributed by atoms with van der Waals surface area (Å²) in [5, 5.41) is 3.23. The van der Waals surface area contributed by atoms with Crippen LogP contribution in [0, 0.1) is 6.92 Å². The van der Waals surface area contributed by atoms with Crippen molar-refractivity contribution in [1.82, 2.24) is 0 Å². The molecule has 3 aromatic rings. The highest BCUT2D eigenvalue weighted by Gasteiger charge is 2.12. The number of nitrogens with one attached hydrogen (secondary N) is 1. The summed E-state index contributed by atoms with van der Waals surface area (Å²) in [5.74, 6) is 0. The average Bonchev–Trinajstić information content (AvgIpc) is 2.58. The lowest BCUT2D eigenvalue weighted by Gasteiger charge is -2.28. The molecule has 0 aliphatic carbocycles. The van der Waals surface area contributed by atoms with Crippen LogP contribution in [0.4, 0.5) is 11.4 Å². The third-order valence-corrected chi connectivity index (χ3v) is 4.34. The number of nitrogens with zero attached hydrogens (tertiary/aromatic N) is 1. The summed E-state index contributed by atoms with van der Waals surface area (Å²) in [6, 6.07) is 24.1. The van der Waals surface area contributed by atoms with Gasteiger partial charge in [-0.1, -0.05) is 71.7 Å². The van der Waals surface area contributed by atoms with E-state index < -0.39 is 0 Å². The molecule has 4 heteroatoms. The van der Waals surface area contributed by atoms with Crippen molar-refractivity contribution in [3.63, 3.8) is 0 Å². The van der Waals surface area contributed by atoms with Crippen molar-refractivity contribution >= 4 is 34.6 Å². The minimum Gasteiger partial charge on any atom is -0.295 e. The van der Waals surface area contributed by atoms with Crippen molar-refractivity contribution in [2.45, 2.75) is 13.5 Å². The van der Waals surface area contributed by atoms with Gasteiger partial charge in [0.15, 0.2) is 0 Å². The van der Waals surface area contributed by atoms with E-state index >= 15 is 0 Å². The highest BCUT2D eigenvalue weighted by atomic mass is 35.5. The van der Waals surface area contributed by atoms with Crippen molar-refractivity contribution in [1.29, 1.82) is 0 Å². The maximum absolute atomic E-state index is 6.32. The normalized spacial score (nSPS) is 10.5. The predicted octanol–water partition coefficient (Wildman–Crippen LogP) is 6.34. The third kappa shape index (κ3) is 4.02. The van der Waals surface area contributed by atoms with Crippen LogP contribution in [0.5, 0.6) is 0 Å². The molecule has 0 radical (unpaired) electrons. The first-order valence-corrected chi connectivity index (χ1v) is 8.48. The number of para-hydroxylation sites is 1. The quantitative estimate of drug-likeness (QED) is 0.536. The molecular formula is C20H18Cl2N2. The minimum absolute atomic E-state index is 0.591. The zero-order chi connectivity index (χ0) is 16.9. The molecule has 0 amide bonds. The maximum atomic E-state index is 6.32. The Morgan fingerprint density at radius 1 is 0.833 bits per heavy atom. The lowest BCUT2D eigenvalue weighted by molar-refractivity contribution is 0.905. The standard InChI is InChI=1S/C20H18Cl2N2/c1-15-7-5-10-17(13-15)24(14-16-8-3-2-4-9-16)23-20-18(21)11-6-12-19(20)22/h2-13,23H,14H2,1H3. The number of halogens is 2. The number of benzene rings is 3. The van der Waals surface area contributed by atoms with Crippen LogP contribution in [0.2, 0.25) is 10.0 Å². The van der Waals surface area contributed by atoms with Gasteiger partial charge < -0.3 is 0 Å². The molecular weight excluding hydrogens is 339 g/mol. The molecule has 0 saturated carbocycles. The van der Waals surface area contributed by atoms with E-state index in [4.69, 9.17) is 23.2 Å². The second kappa shape index (κ2) is 7.61. The molecule has 24 heavy (non-hydrogen) atoms. The van der Waals surface area contributed by atoms with Crippen LogP contribution >= 0.6 is 23.2 Å². The molecule has 2 nitrogen and oxygen atoms in total. The van der Waals surface area contributed by atoms with Crippen LogP contribution in [0.25, 0.3) is 0 Å². The number of rotatable bonds is 5. The van der Waals surface area contributed by atoms with Crippen molar-refractivity contribution < 1.29 is 0 Å². The van der Waals surface area contributed by atoms with Crippen molar-refractivity contribution in [2.75, 3.05) is 10.4 Å². The van der Waals surface area contributed by atoms with Crippen LogP contribution in [0.1, 0.15) is 11.1 Å². The Bertz CT molecular complexity index is 799. The largest absolute Gasteiger partial charge is 0.295 e. The Balaban J connectivity index is 1.95. The second-order valence-electron chi connectivity index (χ2n) is 5.62. The van der Waals surface area contributed by atoms with E-state index in [9.17, 15) is 0 Å². The predicted molar refractivity (Wildman–Crippen MR) is 104 cm³/mol. The summed E-state index contributed by atoms with van der Waals surface area (Å²) in [5.41, 5.74) is 7.52.